The van der Waals surface area contributed by atoms with Gasteiger partial charge in [-0.15, -0.1) is 27.2 Å². The Bertz CT molecular complexity index is 288. The van der Waals surface area contributed by atoms with Gasteiger partial charge in [0.1, 0.15) is 5.52 Å². The van der Waals surface area contributed by atoms with Crippen molar-refractivity contribution in [1.82, 2.24) is 20.4 Å². The molecule has 0 atom stereocenters. The molecule has 0 amide bonds. The van der Waals surface area contributed by atoms with Gasteiger partial charge >= 0.3 is 0 Å². The summed E-state index contributed by atoms with van der Waals surface area (Å²) in [7, 11) is 0. The lowest BCUT2D eigenvalue weighted by atomic mass is 10.5. The van der Waals surface area contributed by atoms with Gasteiger partial charge in [-0.05, 0) is 11.3 Å². The maximum atomic E-state index is 3.75. The average Bonchev–Trinajstić information content (AvgIpc) is 2.33. The molecule has 4 nitrogen and oxygen atoms in total. The molecule has 0 fully saturated rings. The highest BCUT2D eigenvalue weighted by atomic mass is 79.9. The minimum atomic E-state index is 0. The zero-order valence-corrected chi connectivity index (χ0v) is 6.70. The smallest absolute Gasteiger partial charge is 0.114 e. The molecule has 2 heterocycles. The quantitative estimate of drug-likeness (QED) is 0.689. The lowest BCUT2D eigenvalue weighted by Crippen LogP contribution is -1.83. The summed E-state index contributed by atoms with van der Waals surface area (Å²) in [4.78, 5) is 2.95. The monoisotopic (exact) mass is 200 g/mol. The van der Waals surface area contributed by atoms with Gasteiger partial charge in [-0.3, -0.25) is 0 Å². The molecule has 1 N–H and O–H groups in total. The molecule has 0 bridgehead atoms. The van der Waals surface area contributed by atoms with Crippen molar-refractivity contribution in [2.45, 2.75) is 0 Å². The highest BCUT2D eigenvalue weighted by Crippen LogP contribution is 2.02. The summed E-state index contributed by atoms with van der Waals surface area (Å²) in [6, 6.07) is 1.85. The molecule has 5 heteroatoms. The van der Waals surface area contributed by atoms with E-state index < -0.39 is 0 Å². The van der Waals surface area contributed by atoms with Gasteiger partial charge in [0.25, 0.3) is 0 Å². The Balaban J connectivity index is 0.000000500. The molecule has 0 unspecified atom stereocenters. The Hall–Kier alpha value is -0.970. The van der Waals surface area contributed by atoms with Crippen LogP contribution in [0.3, 0.4) is 0 Å². The highest BCUT2D eigenvalue weighted by Gasteiger charge is 1.90. The van der Waals surface area contributed by atoms with Crippen molar-refractivity contribution >= 4 is 28.0 Å². The van der Waals surface area contributed by atoms with Gasteiger partial charge in [-0.1, -0.05) is 0 Å². The molecule has 2 aromatic rings. The van der Waals surface area contributed by atoms with Crippen LogP contribution in [0.15, 0.2) is 18.5 Å². The third kappa shape index (κ3) is 0.995. The van der Waals surface area contributed by atoms with E-state index in [0.29, 0.717) is 0 Å². The summed E-state index contributed by atoms with van der Waals surface area (Å²) in [5, 5.41) is 10.8. The first kappa shape index (κ1) is 7.14. The van der Waals surface area contributed by atoms with Crippen LogP contribution >= 0.6 is 17.0 Å². The van der Waals surface area contributed by atoms with Crippen LogP contribution in [0.5, 0.6) is 0 Å². The van der Waals surface area contributed by atoms with E-state index >= 15 is 0 Å². The van der Waals surface area contributed by atoms with E-state index in [1.165, 1.54) is 0 Å². The Labute approximate surface area is 67.4 Å². The lowest BCUT2D eigenvalue weighted by Gasteiger charge is -1.80. The summed E-state index contributed by atoms with van der Waals surface area (Å²) >= 11 is 0. The first-order valence-electron chi connectivity index (χ1n) is 2.58. The SMILES string of the molecule is Br.c1cc2nnncc2[nH]1. The van der Waals surface area contributed by atoms with Gasteiger partial charge in [0.15, 0.2) is 0 Å². The first-order chi connectivity index (χ1) is 4.47. The third-order valence-electron chi connectivity index (χ3n) is 1.15. The Kier molecular flexibility index (Phi) is 1.96. The van der Waals surface area contributed by atoms with Crippen molar-refractivity contribution < 1.29 is 0 Å². The van der Waals surface area contributed by atoms with Crippen LogP contribution in [0.25, 0.3) is 11.0 Å². The standard InChI is InChI=1S/C5H4N4.BrH/c1-2-6-5-3-7-9-8-4(1)5;/h1-3,6H;1H. The molecule has 0 spiro atoms. The molecular formula is C5H5BrN4. The first-order valence-corrected chi connectivity index (χ1v) is 2.58. The van der Waals surface area contributed by atoms with E-state index in [1.54, 1.807) is 12.4 Å². The number of nitrogens with one attached hydrogen (secondary N) is 1. The van der Waals surface area contributed by atoms with Crippen LogP contribution in [0, 0.1) is 0 Å². The average molecular weight is 201 g/mol. The van der Waals surface area contributed by atoms with Crippen LogP contribution in [-0.2, 0) is 0 Å². The Morgan fingerprint density at radius 2 is 2.30 bits per heavy atom. The van der Waals surface area contributed by atoms with Gasteiger partial charge in [-0.2, -0.15) is 0 Å². The van der Waals surface area contributed by atoms with Crippen LogP contribution in [0.1, 0.15) is 0 Å². The predicted octanol–water partition coefficient (Wildman–Crippen LogP) is 0.931. The van der Waals surface area contributed by atoms with Crippen LogP contribution in [-0.4, -0.2) is 20.4 Å². The van der Waals surface area contributed by atoms with Crippen molar-refractivity contribution in [2.24, 2.45) is 0 Å². The molecular weight excluding hydrogens is 196 g/mol. The zero-order valence-electron chi connectivity index (χ0n) is 4.98. The van der Waals surface area contributed by atoms with Crippen molar-refractivity contribution in [3.63, 3.8) is 0 Å². The van der Waals surface area contributed by atoms with Gasteiger partial charge in [0, 0.05) is 6.20 Å². The minimum absolute atomic E-state index is 0. The maximum absolute atomic E-state index is 3.75. The van der Waals surface area contributed by atoms with Crippen LogP contribution in [0.2, 0.25) is 0 Å². The Morgan fingerprint density at radius 3 is 3.10 bits per heavy atom. The summed E-state index contributed by atoms with van der Waals surface area (Å²) in [6.07, 6.45) is 3.45. The van der Waals surface area contributed by atoms with Crippen molar-refractivity contribution in [2.75, 3.05) is 0 Å². The molecule has 0 radical (unpaired) electrons. The van der Waals surface area contributed by atoms with E-state index in [-0.39, 0.29) is 17.0 Å². The molecule has 0 saturated heterocycles. The van der Waals surface area contributed by atoms with Crippen molar-refractivity contribution in [3.8, 4) is 0 Å². The second-order valence-electron chi connectivity index (χ2n) is 1.71. The van der Waals surface area contributed by atoms with Gasteiger partial charge in [-0.25, -0.2) is 0 Å². The number of H-pyrrole nitrogens is 1. The number of aromatic nitrogens is 4. The van der Waals surface area contributed by atoms with Crippen molar-refractivity contribution in [1.29, 1.82) is 0 Å². The van der Waals surface area contributed by atoms with E-state index in [9.17, 15) is 0 Å². The maximum Gasteiger partial charge on any atom is 0.114 e. The number of fused-ring (bicyclic) bond motifs is 1. The fourth-order valence-electron chi connectivity index (χ4n) is 0.722. The fraction of sp³-hybridized carbons (Fsp3) is 0. The minimum Gasteiger partial charge on any atom is -0.358 e. The molecule has 0 aliphatic heterocycles. The van der Waals surface area contributed by atoms with E-state index in [1.807, 2.05) is 6.07 Å². The molecule has 0 aliphatic carbocycles. The van der Waals surface area contributed by atoms with Crippen molar-refractivity contribution in [3.05, 3.63) is 18.5 Å². The van der Waals surface area contributed by atoms with E-state index in [2.05, 4.69) is 20.4 Å². The topological polar surface area (TPSA) is 54.5 Å². The number of nitrogens with zero attached hydrogens (tertiary/aromatic N) is 3. The Morgan fingerprint density at radius 1 is 1.40 bits per heavy atom. The second kappa shape index (κ2) is 2.74. The molecule has 2 aromatic heterocycles. The van der Waals surface area contributed by atoms with Gasteiger partial charge in [0.05, 0.1) is 11.7 Å². The molecule has 0 aromatic carbocycles. The molecule has 2 rings (SSSR count). The highest BCUT2D eigenvalue weighted by molar-refractivity contribution is 8.93. The molecule has 10 heavy (non-hydrogen) atoms. The normalized spacial score (nSPS) is 9.20. The molecule has 52 valence electrons. The second-order valence-corrected chi connectivity index (χ2v) is 1.71. The summed E-state index contributed by atoms with van der Waals surface area (Å²) < 4.78 is 0. The number of hydrogen-bond acceptors (Lipinski definition) is 3. The summed E-state index contributed by atoms with van der Waals surface area (Å²) in [5.74, 6) is 0. The molecule has 0 saturated carbocycles. The summed E-state index contributed by atoms with van der Waals surface area (Å²) in [6.45, 7) is 0. The van der Waals surface area contributed by atoms with E-state index in [4.69, 9.17) is 0 Å². The third-order valence-corrected chi connectivity index (χ3v) is 1.15. The zero-order chi connectivity index (χ0) is 6.10. The molecule has 0 aliphatic rings. The van der Waals surface area contributed by atoms with Gasteiger partial charge < -0.3 is 4.98 Å². The number of aromatic amines is 1. The number of rotatable bonds is 0. The van der Waals surface area contributed by atoms with Crippen LogP contribution < -0.4 is 0 Å². The fourth-order valence-corrected chi connectivity index (χ4v) is 0.722. The predicted molar refractivity (Wildman–Crippen MR) is 42.0 cm³/mol. The summed E-state index contributed by atoms with van der Waals surface area (Å²) in [5.41, 5.74) is 1.77. The number of halogens is 1. The lowest BCUT2D eigenvalue weighted by molar-refractivity contribution is 0.895. The van der Waals surface area contributed by atoms with Crippen LogP contribution in [0.4, 0.5) is 0 Å². The number of hydrogen-bond donors (Lipinski definition) is 1. The van der Waals surface area contributed by atoms with E-state index in [0.717, 1.165) is 11.0 Å². The van der Waals surface area contributed by atoms with Gasteiger partial charge in [0.2, 0.25) is 0 Å². The largest absolute Gasteiger partial charge is 0.358 e.